The predicted molar refractivity (Wildman–Crippen MR) is 85.6 cm³/mol. The number of hydrogen-bond acceptors (Lipinski definition) is 1. The summed E-state index contributed by atoms with van der Waals surface area (Å²) in [6.45, 7) is 5.10. The molecule has 0 spiro atoms. The van der Waals surface area contributed by atoms with Gasteiger partial charge < -0.3 is 5.32 Å². The van der Waals surface area contributed by atoms with Crippen LogP contribution in [-0.4, -0.2) is 0 Å². The third-order valence-electron chi connectivity index (χ3n) is 3.18. The van der Waals surface area contributed by atoms with E-state index in [0.717, 1.165) is 16.0 Å². The molecule has 1 nitrogen and oxygen atoms in total. The van der Waals surface area contributed by atoms with E-state index in [1.165, 1.54) is 16.7 Å². The number of halogens is 2. The first-order valence-electron chi connectivity index (χ1n) is 6.30. The van der Waals surface area contributed by atoms with E-state index in [9.17, 15) is 0 Å². The quantitative estimate of drug-likeness (QED) is 0.801. The zero-order chi connectivity index (χ0) is 13.8. The molecule has 1 atom stereocenters. The largest absolute Gasteiger partial charge is 0.306 e. The monoisotopic (exact) mass is 337 g/mol. The molecule has 0 heterocycles. The normalized spacial score (nSPS) is 12.4. The van der Waals surface area contributed by atoms with Gasteiger partial charge in [0.1, 0.15) is 0 Å². The Hall–Kier alpha value is -0.830. The summed E-state index contributed by atoms with van der Waals surface area (Å²) in [6, 6.07) is 14.7. The highest BCUT2D eigenvalue weighted by molar-refractivity contribution is 9.10. The smallest absolute Gasteiger partial charge is 0.0409 e. The van der Waals surface area contributed by atoms with E-state index in [2.05, 4.69) is 59.4 Å². The van der Waals surface area contributed by atoms with Crippen molar-refractivity contribution in [3.63, 3.8) is 0 Å². The Bertz CT molecular complexity index is 568. The molecule has 100 valence electrons. The first-order chi connectivity index (χ1) is 9.06. The molecule has 0 saturated carbocycles. The average molecular weight is 339 g/mol. The zero-order valence-corrected chi connectivity index (χ0v) is 13.4. The van der Waals surface area contributed by atoms with E-state index in [1.54, 1.807) is 0 Å². The number of benzene rings is 2. The second-order valence-corrected chi connectivity index (χ2v) is 6.03. The highest BCUT2D eigenvalue weighted by Gasteiger charge is 2.05. The van der Waals surface area contributed by atoms with Crippen molar-refractivity contribution >= 4 is 27.5 Å². The van der Waals surface area contributed by atoms with Crippen LogP contribution in [-0.2, 0) is 6.54 Å². The number of hydrogen-bond donors (Lipinski definition) is 1. The van der Waals surface area contributed by atoms with E-state index in [0.29, 0.717) is 0 Å². The van der Waals surface area contributed by atoms with Crippen molar-refractivity contribution in [2.75, 3.05) is 0 Å². The van der Waals surface area contributed by atoms with Crippen LogP contribution in [0.3, 0.4) is 0 Å². The Kier molecular flexibility index (Phi) is 5.03. The van der Waals surface area contributed by atoms with Crippen LogP contribution in [0.15, 0.2) is 46.9 Å². The Morgan fingerprint density at radius 1 is 1.21 bits per heavy atom. The molecular weight excluding hydrogens is 322 g/mol. The van der Waals surface area contributed by atoms with Gasteiger partial charge >= 0.3 is 0 Å². The van der Waals surface area contributed by atoms with Crippen molar-refractivity contribution in [3.8, 4) is 0 Å². The fourth-order valence-corrected chi connectivity index (χ4v) is 2.43. The van der Waals surface area contributed by atoms with Crippen LogP contribution >= 0.6 is 27.5 Å². The molecule has 1 N–H and O–H groups in total. The van der Waals surface area contributed by atoms with Crippen LogP contribution in [0.5, 0.6) is 0 Å². The summed E-state index contributed by atoms with van der Waals surface area (Å²) in [5, 5.41) is 4.30. The van der Waals surface area contributed by atoms with Crippen molar-refractivity contribution in [2.45, 2.75) is 26.4 Å². The van der Waals surface area contributed by atoms with Gasteiger partial charge in [0.2, 0.25) is 0 Å². The highest BCUT2D eigenvalue weighted by Crippen LogP contribution is 2.19. The van der Waals surface area contributed by atoms with Crippen LogP contribution in [0.1, 0.15) is 29.7 Å². The fourth-order valence-electron chi connectivity index (χ4n) is 1.98. The first kappa shape index (κ1) is 14.6. The lowest BCUT2D eigenvalue weighted by molar-refractivity contribution is 0.574. The third kappa shape index (κ3) is 4.07. The molecule has 3 heteroatoms. The summed E-state index contributed by atoms with van der Waals surface area (Å²) < 4.78 is 1.15. The topological polar surface area (TPSA) is 12.0 Å². The minimum absolute atomic E-state index is 0.280. The van der Waals surface area contributed by atoms with Gasteiger partial charge in [-0.2, -0.15) is 0 Å². The standard InChI is InChI=1S/C16H17BrClN/c1-11-8-13(6-7-16(11)17)10-19-12(2)14-4-3-5-15(18)9-14/h3-9,12,19H,10H2,1-2H3. The molecule has 0 aliphatic heterocycles. The van der Waals surface area contributed by atoms with Gasteiger partial charge in [-0.15, -0.1) is 0 Å². The Morgan fingerprint density at radius 3 is 2.68 bits per heavy atom. The lowest BCUT2D eigenvalue weighted by Crippen LogP contribution is -2.18. The predicted octanol–water partition coefficient (Wildman–Crippen LogP) is 5.26. The van der Waals surface area contributed by atoms with Crippen LogP contribution in [0.2, 0.25) is 5.02 Å². The molecule has 0 aromatic heterocycles. The van der Waals surface area contributed by atoms with Gasteiger partial charge in [-0.25, -0.2) is 0 Å². The molecule has 19 heavy (non-hydrogen) atoms. The first-order valence-corrected chi connectivity index (χ1v) is 7.47. The maximum Gasteiger partial charge on any atom is 0.0409 e. The van der Waals surface area contributed by atoms with E-state index in [4.69, 9.17) is 11.6 Å². The number of aryl methyl sites for hydroxylation is 1. The van der Waals surface area contributed by atoms with E-state index in [1.807, 2.05) is 18.2 Å². The van der Waals surface area contributed by atoms with Gasteiger partial charge in [-0.1, -0.05) is 51.8 Å². The van der Waals surface area contributed by atoms with Gasteiger partial charge in [-0.3, -0.25) is 0 Å². The SMILES string of the molecule is Cc1cc(CNC(C)c2cccc(Cl)c2)ccc1Br. The lowest BCUT2D eigenvalue weighted by atomic mass is 10.1. The number of nitrogens with one attached hydrogen (secondary N) is 1. The maximum absolute atomic E-state index is 6.01. The van der Waals surface area contributed by atoms with Crippen LogP contribution in [0.4, 0.5) is 0 Å². The van der Waals surface area contributed by atoms with Crippen molar-refractivity contribution in [3.05, 3.63) is 68.7 Å². The van der Waals surface area contributed by atoms with Crippen LogP contribution in [0.25, 0.3) is 0 Å². The zero-order valence-electron chi connectivity index (χ0n) is 11.1. The van der Waals surface area contributed by atoms with Gasteiger partial charge in [0.05, 0.1) is 0 Å². The van der Waals surface area contributed by atoms with Crippen molar-refractivity contribution in [1.82, 2.24) is 5.32 Å². The van der Waals surface area contributed by atoms with E-state index in [-0.39, 0.29) is 6.04 Å². The molecule has 2 aromatic rings. The average Bonchev–Trinajstić information content (AvgIpc) is 2.40. The molecular formula is C16H17BrClN. The fraction of sp³-hybridized carbons (Fsp3) is 0.250. The second-order valence-electron chi connectivity index (χ2n) is 4.74. The number of rotatable bonds is 4. The minimum atomic E-state index is 0.280. The van der Waals surface area contributed by atoms with Gasteiger partial charge in [0, 0.05) is 22.1 Å². The van der Waals surface area contributed by atoms with Crippen molar-refractivity contribution < 1.29 is 0 Å². The Balaban J connectivity index is 2.00. The lowest BCUT2D eigenvalue weighted by Gasteiger charge is -2.15. The summed E-state index contributed by atoms with van der Waals surface area (Å²) in [7, 11) is 0. The molecule has 1 unspecified atom stereocenters. The van der Waals surface area contributed by atoms with Gasteiger partial charge in [-0.05, 0) is 48.7 Å². The van der Waals surface area contributed by atoms with Crippen molar-refractivity contribution in [1.29, 1.82) is 0 Å². The third-order valence-corrected chi connectivity index (χ3v) is 4.31. The summed E-state index contributed by atoms with van der Waals surface area (Å²) >= 11 is 9.53. The molecule has 0 saturated heterocycles. The summed E-state index contributed by atoms with van der Waals surface area (Å²) in [6.07, 6.45) is 0. The summed E-state index contributed by atoms with van der Waals surface area (Å²) in [4.78, 5) is 0. The minimum Gasteiger partial charge on any atom is -0.306 e. The molecule has 2 aromatic carbocycles. The van der Waals surface area contributed by atoms with E-state index >= 15 is 0 Å². The molecule has 0 radical (unpaired) electrons. The molecule has 0 fully saturated rings. The Labute approximate surface area is 128 Å². The molecule has 0 amide bonds. The highest BCUT2D eigenvalue weighted by atomic mass is 79.9. The van der Waals surface area contributed by atoms with E-state index < -0.39 is 0 Å². The molecule has 0 aliphatic carbocycles. The molecule has 0 aliphatic rings. The summed E-state index contributed by atoms with van der Waals surface area (Å²) in [5.41, 5.74) is 3.76. The maximum atomic E-state index is 6.01. The van der Waals surface area contributed by atoms with Crippen molar-refractivity contribution in [2.24, 2.45) is 0 Å². The summed E-state index contributed by atoms with van der Waals surface area (Å²) in [5.74, 6) is 0. The molecule has 2 rings (SSSR count). The second kappa shape index (κ2) is 6.56. The van der Waals surface area contributed by atoms with Crippen LogP contribution < -0.4 is 5.32 Å². The Morgan fingerprint density at radius 2 is 2.00 bits per heavy atom. The van der Waals surface area contributed by atoms with Gasteiger partial charge in [0.25, 0.3) is 0 Å². The van der Waals surface area contributed by atoms with Gasteiger partial charge in [0.15, 0.2) is 0 Å². The van der Waals surface area contributed by atoms with Crippen LogP contribution in [0, 0.1) is 6.92 Å². The molecule has 0 bridgehead atoms.